The summed E-state index contributed by atoms with van der Waals surface area (Å²) in [5.74, 6) is 2.74. The maximum Gasteiger partial charge on any atom is 0.231 e. The zero-order valence-corrected chi connectivity index (χ0v) is 13.1. The molecule has 0 saturated carbocycles. The van der Waals surface area contributed by atoms with Crippen LogP contribution >= 0.6 is 15.9 Å². The van der Waals surface area contributed by atoms with Crippen LogP contribution in [0, 0.1) is 0 Å². The summed E-state index contributed by atoms with van der Waals surface area (Å²) in [5, 5.41) is 3.62. The Morgan fingerprint density at radius 2 is 2.24 bits per heavy atom. The molecule has 1 unspecified atom stereocenters. The molecule has 1 aliphatic heterocycles. The number of aryl methyl sites for hydroxylation is 1. The molecular formula is C16H16BrNO3. The van der Waals surface area contributed by atoms with Crippen molar-refractivity contribution >= 4 is 15.9 Å². The van der Waals surface area contributed by atoms with E-state index >= 15 is 0 Å². The van der Waals surface area contributed by atoms with Gasteiger partial charge in [0.1, 0.15) is 5.76 Å². The third kappa shape index (κ3) is 2.45. The van der Waals surface area contributed by atoms with Gasteiger partial charge in [0, 0.05) is 24.6 Å². The van der Waals surface area contributed by atoms with Crippen LogP contribution in [0.5, 0.6) is 11.5 Å². The summed E-state index contributed by atoms with van der Waals surface area (Å²) < 4.78 is 17.4. The van der Waals surface area contributed by atoms with Crippen molar-refractivity contribution in [1.29, 1.82) is 0 Å². The molecule has 110 valence electrons. The lowest BCUT2D eigenvalue weighted by molar-refractivity contribution is 0.173. The Kier molecular flexibility index (Phi) is 3.39. The van der Waals surface area contributed by atoms with Crippen LogP contribution in [0.15, 0.2) is 33.4 Å². The predicted octanol–water partition coefficient (Wildman–Crippen LogP) is 3.94. The largest absolute Gasteiger partial charge is 0.469 e. The first-order valence-corrected chi connectivity index (χ1v) is 7.98. The number of rotatable bonds is 3. The molecule has 0 saturated heterocycles. The van der Waals surface area contributed by atoms with Crippen molar-refractivity contribution in [3.8, 4) is 11.5 Å². The van der Waals surface area contributed by atoms with Crippen LogP contribution in [-0.4, -0.2) is 6.79 Å². The molecular weight excluding hydrogens is 334 g/mol. The number of ether oxygens (including phenoxy) is 2. The molecule has 1 aliphatic carbocycles. The molecule has 21 heavy (non-hydrogen) atoms. The Bertz CT molecular complexity index is 668. The molecule has 0 bridgehead atoms. The first kappa shape index (κ1) is 13.2. The van der Waals surface area contributed by atoms with Gasteiger partial charge in [0.25, 0.3) is 0 Å². The van der Waals surface area contributed by atoms with Crippen LogP contribution < -0.4 is 14.8 Å². The molecule has 0 fully saturated rings. The normalized spacial score (nSPS) is 19.6. The second-order valence-electron chi connectivity index (χ2n) is 5.44. The van der Waals surface area contributed by atoms with Gasteiger partial charge < -0.3 is 19.2 Å². The average molecular weight is 350 g/mol. The van der Waals surface area contributed by atoms with Gasteiger partial charge in [-0.1, -0.05) is 0 Å². The monoisotopic (exact) mass is 349 g/mol. The number of hydrogen-bond donors (Lipinski definition) is 1. The van der Waals surface area contributed by atoms with Gasteiger partial charge in [0.2, 0.25) is 6.79 Å². The fourth-order valence-electron chi connectivity index (χ4n) is 3.06. The van der Waals surface area contributed by atoms with E-state index in [-0.39, 0.29) is 0 Å². The summed E-state index contributed by atoms with van der Waals surface area (Å²) in [4.78, 5) is 0. The Morgan fingerprint density at radius 3 is 3.19 bits per heavy atom. The highest BCUT2D eigenvalue weighted by molar-refractivity contribution is 9.10. The molecule has 2 aromatic rings. The van der Waals surface area contributed by atoms with E-state index in [0.717, 1.165) is 41.1 Å². The van der Waals surface area contributed by atoms with Gasteiger partial charge in [-0.25, -0.2) is 0 Å². The molecule has 1 N–H and O–H groups in total. The summed E-state index contributed by atoms with van der Waals surface area (Å²) in [6.07, 6.45) is 5.17. The third-order valence-corrected chi connectivity index (χ3v) is 4.68. The van der Waals surface area contributed by atoms with Gasteiger partial charge >= 0.3 is 0 Å². The van der Waals surface area contributed by atoms with E-state index in [1.807, 2.05) is 6.07 Å². The average Bonchev–Trinajstić information content (AvgIpc) is 3.13. The van der Waals surface area contributed by atoms with E-state index in [9.17, 15) is 0 Å². The summed E-state index contributed by atoms with van der Waals surface area (Å²) >= 11 is 3.54. The minimum atomic E-state index is 0.297. The molecule has 2 aliphatic rings. The van der Waals surface area contributed by atoms with Crippen LogP contribution in [0.1, 0.15) is 35.8 Å². The quantitative estimate of drug-likeness (QED) is 0.911. The van der Waals surface area contributed by atoms with Crippen molar-refractivity contribution in [2.75, 3.05) is 6.79 Å². The van der Waals surface area contributed by atoms with Crippen molar-refractivity contribution in [3.63, 3.8) is 0 Å². The molecule has 1 atom stereocenters. The first-order chi connectivity index (χ1) is 10.3. The highest BCUT2D eigenvalue weighted by Crippen LogP contribution is 2.40. The molecule has 0 spiro atoms. The summed E-state index contributed by atoms with van der Waals surface area (Å²) in [5.41, 5.74) is 2.49. The maximum atomic E-state index is 5.53. The lowest BCUT2D eigenvalue weighted by Gasteiger charge is -2.23. The summed E-state index contributed by atoms with van der Waals surface area (Å²) in [6.45, 7) is 1.09. The highest BCUT2D eigenvalue weighted by atomic mass is 79.9. The standard InChI is InChI=1S/C16H16BrNO3/c17-12-6-10(7-15-16(12)21-9-20-15)8-18-13-2-1-3-14-11(13)4-5-19-14/h4-7,13,18H,1-3,8-9H2. The van der Waals surface area contributed by atoms with Gasteiger partial charge in [-0.3, -0.25) is 0 Å². The van der Waals surface area contributed by atoms with E-state index in [1.54, 1.807) is 6.26 Å². The molecule has 2 heterocycles. The minimum absolute atomic E-state index is 0.297. The Labute approximate surface area is 131 Å². The number of furan rings is 1. The highest BCUT2D eigenvalue weighted by Gasteiger charge is 2.23. The number of fused-ring (bicyclic) bond motifs is 2. The van der Waals surface area contributed by atoms with Crippen molar-refractivity contribution in [3.05, 3.63) is 45.8 Å². The number of benzene rings is 1. The molecule has 4 rings (SSSR count). The molecule has 0 radical (unpaired) electrons. The zero-order valence-electron chi connectivity index (χ0n) is 11.5. The van der Waals surface area contributed by atoms with E-state index in [4.69, 9.17) is 13.9 Å². The topological polar surface area (TPSA) is 43.6 Å². The molecule has 1 aromatic heterocycles. The second-order valence-corrected chi connectivity index (χ2v) is 6.29. The second kappa shape index (κ2) is 5.39. The van der Waals surface area contributed by atoms with Gasteiger partial charge in [-0.2, -0.15) is 0 Å². The van der Waals surface area contributed by atoms with Crippen molar-refractivity contribution in [2.45, 2.75) is 31.8 Å². The van der Waals surface area contributed by atoms with Crippen molar-refractivity contribution in [2.24, 2.45) is 0 Å². The summed E-state index contributed by atoms with van der Waals surface area (Å²) in [7, 11) is 0. The zero-order chi connectivity index (χ0) is 14.2. The van der Waals surface area contributed by atoms with Crippen LogP contribution in [0.3, 0.4) is 0 Å². The van der Waals surface area contributed by atoms with Gasteiger partial charge in [0.15, 0.2) is 11.5 Å². The lowest BCUT2D eigenvalue weighted by atomic mass is 9.93. The fourth-order valence-corrected chi connectivity index (χ4v) is 3.67. The number of nitrogens with one attached hydrogen (secondary N) is 1. The summed E-state index contributed by atoms with van der Waals surface area (Å²) in [6, 6.07) is 6.58. The Hall–Kier alpha value is -1.46. The van der Waals surface area contributed by atoms with E-state index in [1.165, 1.54) is 17.5 Å². The molecule has 5 heteroatoms. The van der Waals surface area contributed by atoms with Crippen molar-refractivity contribution in [1.82, 2.24) is 5.32 Å². The van der Waals surface area contributed by atoms with Crippen LogP contribution in [0.25, 0.3) is 0 Å². The minimum Gasteiger partial charge on any atom is -0.469 e. The number of halogens is 1. The van der Waals surface area contributed by atoms with Crippen molar-refractivity contribution < 1.29 is 13.9 Å². The maximum absolute atomic E-state index is 5.53. The number of hydrogen-bond acceptors (Lipinski definition) is 4. The SMILES string of the molecule is Brc1cc(CNC2CCCc3occc32)cc2c1OCO2. The first-order valence-electron chi connectivity index (χ1n) is 7.19. The molecule has 4 nitrogen and oxygen atoms in total. The smallest absolute Gasteiger partial charge is 0.231 e. The van der Waals surface area contributed by atoms with E-state index < -0.39 is 0 Å². The Morgan fingerprint density at radius 1 is 1.29 bits per heavy atom. The third-order valence-electron chi connectivity index (χ3n) is 4.09. The van der Waals surface area contributed by atoms with Crippen LogP contribution in [-0.2, 0) is 13.0 Å². The molecule has 0 amide bonds. The predicted molar refractivity (Wildman–Crippen MR) is 81.5 cm³/mol. The van der Waals surface area contributed by atoms with E-state index in [0.29, 0.717) is 12.8 Å². The molecule has 1 aromatic carbocycles. The van der Waals surface area contributed by atoms with E-state index in [2.05, 4.69) is 33.4 Å². The van der Waals surface area contributed by atoms with Crippen LogP contribution in [0.4, 0.5) is 0 Å². The van der Waals surface area contributed by atoms with Crippen LogP contribution in [0.2, 0.25) is 0 Å². The fraction of sp³-hybridized carbons (Fsp3) is 0.375. The van der Waals surface area contributed by atoms with Gasteiger partial charge in [0.05, 0.1) is 10.7 Å². The Balaban J connectivity index is 1.50. The van der Waals surface area contributed by atoms with Gasteiger partial charge in [-0.05, 0) is 52.5 Å². The van der Waals surface area contributed by atoms with Gasteiger partial charge in [-0.15, -0.1) is 0 Å². The lowest BCUT2D eigenvalue weighted by Crippen LogP contribution is -2.24.